The maximum Gasteiger partial charge on any atom is 0.243 e. The first kappa shape index (κ1) is 16.4. The Bertz CT molecular complexity index is 641. The first-order valence-corrected chi connectivity index (χ1v) is 9.11. The van der Waals surface area contributed by atoms with Crippen LogP contribution in [0.1, 0.15) is 37.3 Å². The van der Waals surface area contributed by atoms with Crippen LogP contribution in [0.5, 0.6) is 0 Å². The van der Waals surface area contributed by atoms with Crippen LogP contribution in [-0.2, 0) is 10.0 Å². The van der Waals surface area contributed by atoms with Gasteiger partial charge in [0, 0.05) is 18.7 Å². The summed E-state index contributed by atoms with van der Waals surface area (Å²) >= 11 is 4.93. The third-order valence-corrected chi connectivity index (χ3v) is 6.40. The summed E-state index contributed by atoms with van der Waals surface area (Å²) in [5.74, 6) is 0.463. The Balaban J connectivity index is 2.33. The lowest BCUT2D eigenvalue weighted by atomic mass is 9.97. The van der Waals surface area contributed by atoms with Crippen molar-refractivity contribution in [3.8, 4) is 0 Å². The van der Waals surface area contributed by atoms with E-state index < -0.39 is 10.0 Å². The second kappa shape index (κ2) is 6.42. The molecule has 0 amide bonds. The second-order valence-corrected chi connectivity index (χ2v) is 7.97. The molecule has 1 atom stereocenters. The van der Waals surface area contributed by atoms with Gasteiger partial charge in [0.05, 0.1) is 4.90 Å². The van der Waals surface area contributed by atoms with Crippen molar-refractivity contribution >= 4 is 27.2 Å². The van der Waals surface area contributed by atoms with Crippen LogP contribution in [0.25, 0.3) is 0 Å². The summed E-state index contributed by atoms with van der Waals surface area (Å²) in [6, 6.07) is 5.05. The van der Waals surface area contributed by atoms with Crippen molar-refractivity contribution < 1.29 is 8.42 Å². The highest BCUT2D eigenvalue weighted by atomic mass is 32.2. The lowest BCUT2D eigenvalue weighted by Gasteiger charge is -2.31. The van der Waals surface area contributed by atoms with Crippen molar-refractivity contribution in [3.63, 3.8) is 0 Å². The number of thiocarbonyl (C=S) groups is 1. The number of rotatable bonds is 4. The van der Waals surface area contributed by atoms with Gasteiger partial charge >= 0.3 is 0 Å². The van der Waals surface area contributed by atoms with E-state index in [0.717, 1.165) is 19.3 Å². The fourth-order valence-corrected chi connectivity index (χ4v) is 4.70. The summed E-state index contributed by atoms with van der Waals surface area (Å²) < 4.78 is 27.2. The Labute approximate surface area is 132 Å². The molecule has 1 aliphatic heterocycles. The number of aryl methyl sites for hydroxylation is 1. The number of benzene rings is 1. The van der Waals surface area contributed by atoms with Gasteiger partial charge in [0.15, 0.2) is 0 Å². The lowest BCUT2D eigenvalue weighted by molar-refractivity contribution is 0.261. The molecule has 0 bridgehead atoms. The van der Waals surface area contributed by atoms with Crippen molar-refractivity contribution in [2.45, 2.75) is 38.0 Å². The SMILES string of the molecule is CCC1CCCN(S(=O)(=O)c2ccc(C(N)=S)cc2C)C1. The third kappa shape index (κ3) is 3.44. The van der Waals surface area contributed by atoms with Gasteiger partial charge in [-0.15, -0.1) is 0 Å². The minimum absolute atomic E-state index is 0.283. The Kier molecular flexibility index (Phi) is 5.01. The standard InChI is InChI=1S/C15H22N2O2S2/c1-3-12-5-4-8-17(10-12)21(18,19)14-7-6-13(15(16)20)9-11(14)2/h6-7,9,12H,3-5,8,10H2,1-2H3,(H2,16,20). The number of sulfonamides is 1. The molecule has 21 heavy (non-hydrogen) atoms. The largest absolute Gasteiger partial charge is 0.389 e. The predicted octanol–water partition coefficient (Wildman–Crippen LogP) is 2.44. The number of hydrogen-bond donors (Lipinski definition) is 1. The quantitative estimate of drug-likeness (QED) is 0.863. The highest BCUT2D eigenvalue weighted by Gasteiger charge is 2.30. The van der Waals surface area contributed by atoms with E-state index in [-0.39, 0.29) is 4.99 Å². The van der Waals surface area contributed by atoms with E-state index in [1.807, 2.05) is 0 Å². The lowest BCUT2D eigenvalue weighted by Crippen LogP contribution is -2.40. The van der Waals surface area contributed by atoms with Gasteiger partial charge in [0.25, 0.3) is 0 Å². The average molecular weight is 326 g/mol. The molecule has 0 aromatic heterocycles. The molecular formula is C15H22N2O2S2. The van der Waals surface area contributed by atoms with Gasteiger partial charge in [-0.3, -0.25) is 0 Å². The monoisotopic (exact) mass is 326 g/mol. The topological polar surface area (TPSA) is 63.4 Å². The fraction of sp³-hybridized carbons (Fsp3) is 0.533. The Hall–Kier alpha value is -0.980. The van der Waals surface area contributed by atoms with Crippen LogP contribution in [0.3, 0.4) is 0 Å². The van der Waals surface area contributed by atoms with Gasteiger partial charge in [0.2, 0.25) is 10.0 Å². The van der Waals surface area contributed by atoms with Crippen LogP contribution in [-0.4, -0.2) is 30.8 Å². The van der Waals surface area contributed by atoms with Crippen LogP contribution in [0.2, 0.25) is 0 Å². The van der Waals surface area contributed by atoms with Gasteiger partial charge in [-0.25, -0.2) is 8.42 Å². The summed E-state index contributed by atoms with van der Waals surface area (Å²) in [4.78, 5) is 0.644. The Morgan fingerprint density at radius 1 is 1.48 bits per heavy atom. The zero-order chi connectivity index (χ0) is 15.6. The molecule has 2 rings (SSSR count). The highest BCUT2D eigenvalue weighted by molar-refractivity contribution is 7.89. The van der Waals surface area contributed by atoms with Gasteiger partial charge in [-0.2, -0.15) is 4.31 Å². The van der Waals surface area contributed by atoms with Gasteiger partial charge in [0.1, 0.15) is 4.99 Å². The second-order valence-electron chi connectivity index (χ2n) is 5.62. The Morgan fingerprint density at radius 2 is 2.19 bits per heavy atom. The number of nitrogens with two attached hydrogens (primary N) is 1. The van der Waals surface area contributed by atoms with Crippen LogP contribution < -0.4 is 5.73 Å². The van der Waals surface area contributed by atoms with Crippen molar-refractivity contribution in [2.24, 2.45) is 11.7 Å². The molecule has 4 nitrogen and oxygen atoms in total. The van der Waals surface area contributed by atoms with Crippen molar-refractivity contribution in [2.75, 3.05) is 13.1 Å². The zero-order valence-electron chi connectivity index (χ0n) is 12.5. The maximum atomic E-state index is 12.8. The average Bonchev–Trinajstić information content (AvgIpc) is 2.46. The van der Waals surface area contributed by atoms with E-state index in [1.165, 1.54) is 0 Å². The molecular weight excluding hydrogens is 304 g/mol. The summed E-state index contributed by atoms with van der Waals surface area (Å²) in [5.41, 5.74) is 6.99. The van der Waals surface area contributed by atoms with E-state index in [1.54, 1.807) is 29.4 Å². The molecule has 1 aliphatic rings. The van der Waals surface area contributed by atoms with Crippen LogP contribution in [0.15, 0.2) is 23.1 Å². The minimum atomic E-state index is -3.43. The third-order valence-electron chi connectivity index (χ3n) is 4.14. The molecule has 2 N–H and O–H groups in total. The highest BCUT2D eigenvalue weighted by Crippen LogP contribution is 2.27. The molecule has 1 aromatic rings. The number of nitrogens with zero attached hydrogens (tertiary/aromatic N) is 1. The van der Waals surface area contributed by atoms with Crippen LogP contribution >= 0.6 is 12.2 Å². The maximum absolute atomic E-state index is 12.8. The van der Waals surface area contributed by atoms with Gasteiger partial charge in [-0.05, 0) is 43.4 Å². The minimum Gasteiger partial charge on any atom is -0.389 e. The molecule has 1 heterocycles. The molecule has 1 aromatic carbocycles. The molecule has 0 saturated carbocycles. The summed E-state index contributed by atoms with van der Waals surface area (Å²) in [5, 5.41) is 0. The van der Waals surface area contributed by atoms with Crippen molar-refractivity contribution in [1.29, 1.82) is 0 Å². The summed E-state index contributed by atoms with van der Waals surface area (Å²) in [6.45, 7) is 5.13. The number of hydrogen-bond acceptors (Lipinski definition) is 3. The summed E-state index contributed by atoms with van der Waals surface area (Å²) in [7, 11) is -3.43. The molecule has 0 aliphatic carbocycles. The van der Waals surface area contributed by atoms with Gasteiger partial charge < -0.3 is 5.73 Å². The van der Waals surface area contributed by atoms with Crippen molar-refractivity contribution in [1.82, 2.24) is 4.31 Å². The molecule has 116 valence electrons. The van der Waals surface area contributed by atoms with Crippen molar-refractivity contribution in [3.05, 3.63) is 29.3 Å². The predicted molar refractivity (Wildman–Crippen MR) is 88.8 cm³/mol. The molecule has 1 fully saturated rings. The summed E-state index contributed by atoms with van der Waals surface area (Å²) in [6.07, 6.45) is 3.06. The van der Waals surface area contributed by atoms with E-state index >= 15 is 0 Å². The fourth-order valence-electron chi connectivity index (χ4n) is 2.81. The zero-order valence-corrected chi connectivity index (χ0v) is 14.1. The number of piperidine rings is 1. The van der Waals surface area contributed by atoms with Crippen LogP contribution in [0.4, 0.5) is 0 Å². The molecule has 0 radical (unpaired) electrons. The smallest absolute Gasteiger partial charge is 0.243 e. The molecule has 1 saturated heterocycles. The van der Waals surface area contributed by atoms with Gasteiger partial charge in [-0.1, -0.05) is 31.6 Å². The first-order chi connectivity index (χ1) is 9.86. The van der Waals surface area contributed by atoms with E-state index in [0.29, 0.717) is 35.0 Å². The molecule has 0 spiro atoms. The molecule has 1 unspecified atom stereocenters. The Morgan fingerprint density at radius 3 is 2.76 bits per heavy atom. The first-order valence-electron chi connectivity index (χ1n) is 7.27. The molecule has 6 heteroatoms. The van der Waals surface area contributed by atoms with E-state index in [2.05, 4.69) is 6.92 Å². The van der Waals surface area contributed by atoms with E-state index in [4.69, 9.17) is 18.0 Å². The normalized spacial score (nSPS) is 20.4. The van der Waals surface area contributed by atoms with Crippen LogP contribution in [0, 0.1) is 12.8 Å². The van der Waals surface area contributed by atoms with E-state index in [9.17, 15) is 8.42 Å².